The number of aryl methyl sites for hydroxylation is 1. The van der Waals surface area contributed by atoms with Gasteiger partial charge in [0.05, 0.1) is 17.0 Å². The molecule has 168 valence electrons. The summed E-state index contributed by atoms with van der Waals surface area (Å²) in [6.45, 7) is 2.55. The Hall–Kier alpha value is -3.25. The van der Waals surface area contributed by atoms with E-state index in [1.807, 2.05) is 97.9 Å². The van der Waals surface area contributed by atoms with Gasteiger partial charge in [-0.15, -0.1) is 0 Å². The molecule has 4 rings (SSSR count). The molecular formula is C28H28N2O2S. The van der Waals surface area contributed by atoms with E-state index in [0.717, 1.165) is 22.3 Å². The van der Waals surface area contributed by atoms with E-state index in [4.69, 9.17) is 0 Å². The number of benzene rings is 4. The zero-order chi connectivity index (χ0) is 23.1. The second kappa shape index (κ2) is 10.6. The SMILES string of the molecule is Cc1ccc(S(=O)(=O)N[C@@H](c2ccccc2)[C@@H](NCc2ccccc2)c2ccccc2)cc1. The molecule has 5 heteroatoms. The molecule has 0 saturated carbocycles. The van der Waals surface area contributed by atoms with Crippen molar-refractivity contribution in [3.63, 3.8) is 0 Å². The molecule has 0 amide bonds. The lowest BCUT2D eigenvalue weighted by atomic mass is 9.94. The first-order chi connectivity index (χ1) is 16.0. The molecular weight excluding hydrogens is 428 g/mol. The minimum absolute atomic E-state index is 0.254. The third-order valence-corrected chi connectivity index (χ3v) is 7.09. The van der Waals surface area contributed by atoms with Crippen LogP contribution in [0.3, 0.4) is 0 Å². The lowest BCUT2D eigenvalue weighted by Gasteiger charge is -2.30. The Morgan fingerprint density at radius 1 is 0.636 bits per heavy atom. The summed E-state index contributed by atoms with van der Waals surface area (Å²) in [6, 6.07) is 35.9. The molecule has 0 heterocycles. The Balaban J connectivity index is 1.72. The smallest absolute Gasteiger partial charge is 0.241 e. The molecule has 0 fully saturated rings. The van der Waals surface area contributed by atoms with Crippen LogP contribution in [0.2, 0.25) is 0 Å². The van der Waals surface area contributed by atoms with Crippen LogP contribution in [0.1, 0.15) is 34.3 Å². The van der Waals surface area contributed by atoms with Crippen LogP contribution in [-0.2, 0) is 16.6 Å². The fourth-order valence-electron chi connectivity index (χ4n) is 3.85. The van der Waals surface area contributed by atoms with Crippen LogP contribution in [0.4, 0.5) is 0 Å². The predicted octanol–water partition coefficient (Wildman–Crippen LogP) is 5.55. The van der Waals surface area contributed by atoms with Crippen molar-refractivity contribution in [2.45, 2.75) is 30.4 Å². The first kappa shape index (κ1) is 22.9. The summed E-state index contributed by atoms with van der Waals surface area (Å²) < 4.78 is 29.8. The standard InChI is InChI=1S/C28H28N2O2S/c1-22-17-19-26(20-18-22)33(31,32)30-28(25-15-9-4-10-16-25)27(24-13-7-3-8-14-24)29-21-23-11-5-2-6-12-23/h2-20,27-30H,21H2,1H3/t27-,28-/m0/s1. The molecule has 2 atom stereocenters. The number of hydrogen-bond donors (Lipinski definition) is 2. The van der Waals surface area contributed by atoms with Gasteiger partial charge in [-0.3, -0.25) is 0 Å². The molecule has 0 aliphatic heterocycles. The van der Waals surface area contributed by atoms with Crippen LogP contribution < -0.4 is 10.0 Å². The van der Waals surface area contributed by atoms with Gasteiger partial charge in [0.1, 0.15) is 0 Å². The third kappa shape index (κ3) is 5.96. The van der Waals surface area contributed by atoms with Gasteiger partial charge in [0, 0.05) is 6.54 Å². The van der Waals surface area contributed by atoms with Gasteiger partial charge >= 0.3 is 0 Å². The largest absolute Gasteiger partial charge is 0.304 e. The normalized spacial score (nSPS) is 13.4. The van der Waals surface area contributed by atoms with Crippen LogP contribution in [0.5, 0.6) is 0 Å². The van der Waals surface area contributed by atoms with Gasteiger partial charge in [0.25, 0.3) is 0 Å². The maximum Gasteiger partial charge on any atom is 0.241 e. The maximum absolute atomic E-state index is 13.4. The summed E-state index contributed by atoms with van der Waals surface area (Å²) in [7, 11) is -3.75. The van der Waals surface area contributed by atoms with E-state index < -0.39 is 16.1 Å². The van der Waals surface area contributed by atoms with E-state index in [1.54, 1.807) is 12.1 Å². The van der Waals surface area contributed by atoms with Crippen molar-refractivity contribution in [3.05, 3.63) is 138 Å². The molecule has 0 aliphatic carbocycles. The molecule has 0 aliphatic rings. The van der Waals surface area contributed by atoms with E-state index >= 15 is 0 Å². The lowest BCUT2D eigenvalue weighted by Crippen LogP contribution is -2.38. The molecule has 2 N–H and O–H groups in total. The number of nitrogens with one attached hydrogen (secondary N) is 2. The van der Waals surface area contributed by atoms with Crippen molar-refractivity contribution >= 4 is 10.0 Å². The van der Waals surface area contributed by atoms with Crippen LogP contribution in [0, 0.1) is 6.92 Å². The minimum Gasteiger partial charge on any atom is -0.304 e. The Bertz CT molecular complexity index is 1240. The van der Waals surface area contributed by atoms with E-state index in [-0.39, 0.29) is 10.9 Å². The first-order valence-electron chi connectivity index (χ1n) is 11.0. The van der Waals surface area contributed by atoms with Crippen LogP contribution >= 0.6 is 0 Å². The molecule has 4 aromatic rings. The topological polar surface area (TPSA) is 58.2 Å². The van der Waals surface area contributed by atoms with Crippen molar-refractivity contribution in [2.24, 2.45) is 0 Å². The summed E-state index contributed by atoms with van der Waals surface area (Å²) >= 11 is 0. The lowest BCUT2D eigenvalue weighted by molar-refractivity contribution is 0.421. The Kier molecular flexibility index (Phi) is 7.35. The average Bonchev–Trinajstić information content (AvgIpc) is 2.85. The van der Waals surface area contributed by atoms with Gasteiger partial charge in [-0.25, -0.2) is 13.1 Å². The van der Waals surface area contributed by atoms with E-state index in [2.05, 4.69) is 22.2 Å². The average molecular weight is 457 g/mol. The van der Waals surface area contributed by atoms with Crippen LogP contribution in [-0.4, -0.2) is 8.42 Å². The third-order valence-electron chi connectivity index (χ3n) is 5.63. The quantitative estimate of drug-likeness (QED) is 0.347. The fraction of sp³-hybridized carbons (Fsp3) is 0.143. The summed E-state index contributed by atoms with van der Waals surface area (Å²) in [5.74, 6) is 0. The van der Waals surface area contributed by atoms with Gasteiger partial charge in [-0.05, 0) is 35.7 Å². The molecule has 0 spiro atoms. The van der Waals surface area contributed by atoms with Crippen molar-refractivity contribution in [3.8, 4) is 0 Å². The Morgan fingerprint density at radius 2 is 1.12 bits per heavy atom. The second-order valence-corrected chi connectivity index (χ2v) is 9.79. The summed E-state index contributed by atoms with van der Waals surface area (Å²) in [5.41, 5.74) is 4.04. The Labute approximate surface area is 196 Å². The summed E-state index contributed by atoms with van der Waals surface area (Å²) in [6.07, 6.45) is 0. The molecule has 0 bridgehead atoms. The maximum atomic E-state index is 13.4. The van der Waals surface area contributed by atoms with E-state index in [1.165, 1.54) is 0 Å². The Morgan fingerprint density at radius 3 is 1.67 bits per heavy atom. The number of hydrogen-bond acceptors (Lipinski definition) is 3. The molecule has 33 heavy (non-hydrogen) atoms. The predicted molar refractivity (Wildman–Crippen MR) is 133 cm³/mol. The van der Waals surface area contributed by atoms with Crippen molar-refractivity contribution in [1.82, 2.24) is 10.0 Å². The van der Waals surface area contributed by atoms with E-state index in [9.17, 15) is 8.42 Å². The highest BCUT2D eigenvalue weighted by atomic mass is 32.2. The first-order valence-corrected chi connectivity index (χ1v) is 12.5. The zero-order valence-electron chi connectivity index (χ0n) is 18.6. The zero-order valence-corrected chi connectivity index (χ0v) is 19.4. The fourth-order valence-corrected chi connectivity index (χ4v) is 5.09. The van der Waals surface area contributed by atoms with Crippen LogP contribution in [0.25, 0.3) is 0 Å². The van der Waals surface area contributed by atoms with Gasteiger partial charge in [0.2, 0.25) is 10.0 Å². The van der Waals surface area contributed by atoms with Gasteiger partial charge in [-0.2, -0.15) is 0 Å². The monoisotopic (exact) mass is 456 g/mol. The van der Waals surface area contributed by atoms with E-state index in [0.29, 0.717) is 6.54 Å². The van der Waals surface area contributed by atoms with Gasteiger partial charge in [-0.1, -0.05) is 109 Å². The highest BCUT2D eigenvalue weighted by Gasteiger charge is 2.29. The van der Waals surface area contributed by atoms with Gasteiger partial charge < -0.3 is 5.32 Å². The van der Waals surface area contributed by atoms with Crippen molar-refractivity contribution < 1.29 is 8.42 Å². The summed E-state index contributed by atoms with van der Waals surface area (Å²) in [5, 5.41) is 3.61. The molecule has 0 unspecified atom stereocenters. The second-order valence-electron chi connectivity index (χ2n) is 8.08. The van der Waals surface area contributed by atoms with Gasteiger partial charge in [0.15, 0.2) is 0 Å². The van der Waals surface area contributed by atoms with Crippen molar-refractivity contribution in [1.29, 1.82) is 0 Å². The number of sulfonamides is 1. The molecule has 4 nitrogen and oxygen atoms in total. The molecule has 4 aromatic carbocycles. The highest BCUT2D eigenvalue weighted by Crippen LogP contribution is 2.31. The molecule has 0 radical (unpaired) electrons. The molecule has 0 saturated heterocycles. The van der Waals surface area contributed by atoms with Crippen LogP contribution in [0.15, 0.2) is 120 Å². The highest BCUT2D eigenvalue weighted by molar-refractivity contribution is 7.89. The van der Waals surface area contributed by atoms with Crippen molar-refractivity contribution in [2.75, 3.05) is 0 Å². The number of rotatable bonds is 9. The summed E-state index contributed by atoms with van der Waals surface area (Å²) in [4.78, 5) is 0.254. The minimum atomic E-state index is -3.75. The molecule has 0 aromatic heterocycles.